The standard InChI is InChI=1S/C11H12BrClO2/c1-11(2,3)15-10(14)7-4-5-8(12)9(13)6-7/h4-6H,1-3H3. The van der Waals surface area contributed by atoms with E-state index < -0.39 is 5.60 Å². The maximum atomic E-state index is 11.6. The molecule has 2 nitrogen and oxygen atoms in total. The van der Waals surface area contributed by atoms with E-state index in [1.165, 1.54) is 0 Å². The molecule has 0 saturated carbocycles. The fraction of sp³-hybridized carbons (Fsp3) is 0.364. The SMILES string of the molecule is CC(C)(C)OC(=O)c1ccc(Br)c(Cl)c1. The van der Waals surface area contributed by atoms with Crippen molar-refractivity contribution in [2.75, 3.05) is 0 Å². The molecule has 0 aliphatic carbocycles. The minimum absolute atomic E-state index is 0.364. The third-order valence-electron chi connectivity index (χ3n) is 1.55. The van der Waals surface area contributed by atoms with E-state index in [0.717, 1.165) is 4.47 Å². The third-order valence-corrected chi connectivity index (χ3v) is 2.79. The number of carbonyl (C=O) groups excluding carboxylic acids is 1. The van der Waals surface area contributed by atoms with Crippen LogP contribution in [0.15, 0.2) is 22.7 Å². The lowest BCUT2D eigenvalue weighted by Crippen LogP contribution is -2.23. The molecule has 0 unspecified atom stereocenters. The van der Waals surface area contributed by atoms with Crippen LogP contribution >= 0.6 is 27.5 Å². The molecular weight excluding hydrogens is 279 g/mol. The molecule has 0 aliphatic heterocycles. The largest absolute Gasteiger partial charge is 0.456 e. The molecule has 0 N–H and O–H groups in total. The normalized spacial score (nSPS) is 11.3. The Morgan fingerprint density at radius 2 is 2.00 bits per heavy atom. The molecule has 0 atom stereocenters. The molecule has 1 aromatic rings. The van der Waals surface area contributed by atoms with Crippen molar-refractivity contribution in [2.45, 2.75) is 26.4 Å². The van der Waals surface area contributed by atoms with Gasteiger partial charge in [-0.2, -0.15) is 0 Å². The van der Waals surface area contributed by atoms with Crippen LogP contribution in [0.5, 0.6) is 0 Å². The van der Waals surface area contributed by atoms with Gasteiger partial charge in [0.05, 0.1) is 10.6 Å². The van der Waals surface area contributed by atoms with Crippen molar-refractivity contribution < 1.29 is 9.53 Å². The van der Waals surface area contributed by atoms with Gasteiger partial charge in [-0.05, 0) is 54.9 Å². The van der Waals surface area contributed by atoms with Crippen molar-refractivity contribution in [1.29, 1.82) is 0 Å². The van der Waals surface area contributed by atoms with Crippen LogP contribution in [0, 0.1) is 0 Å². The Balaban J connectivity index is 2.88. The highest BCUT2D eigenvalue weighted by atomic mass is 79.9. The molecular formula is C11H12BrClO2. The van der Waals surface area contributed by atoms with Gasteiger partial charge in [0.1, 0.15) is 5.60 Å². The van der Waals surface area contributed by atoms with Gasteiger partial charge in [-0.3, -0.25) is 0 Å². The molecule has 82 valence electrons. The maximum Gasteiger partial charge on any atom is 0.338 e. The number of hydrogen-bond donors (Lipinski definition) is 0. The van der Waals surface area contributed by atoms with Gasteiger partial charge < -0.3 is 4.74 Å². The smallest absolute Gasteiger partial charge is 0.338 e. The Morgan fingerprint density at radius 1 is 1.40 bits per heavy atom. The van der Waals surface area contributed by atoms with Gasteiger partial charge in [0.15, 0.2) is 0 Å². The summed E-state index contributed by atoms with van der Waals surface area (Å²) in [7, 11) is 0. The van der Waals surface area contributed by atoms with Crippen LogP contribution in [0.3, 0.4) is 0 Å². The fourth-order valence-corrected chi connectivity index (χ4v) is 1.39. The number of benzene rings is 1. The number of rotatable bonds is 1. The second-order valence-electron chi connectivity index (χ2n) is 4.13. The van der Waals surface area contributed by atoms with Crippen LogP contribution in [0.1, 0.15) is 31.1 Å². The summed E-state index contributed by atoms with van der Waals surface area (Å²) in [4.78, 5) is 11.6. The van der Waals surface area contributed by atoms with Gasteiger partial charge >= 0.3 is 5.97 Å². The summed E-state index contributed by atoms with van der Waals surface area (Å²) < 4.78 is 5.97. The first-order chi connectivity index (χ1) is 6.79. The molecule has 0 aliphatic rings. The Bertz CT molecular complexity index is 383. The van der Waals surface area contributed by atoms with Gasteiger partial charge in [-0.15, -0.1) is 0 Å². The van der Waals surface area contributed by atoms with Crippen LogP contribution in [-0.4, -0.2) is 11.6 Å². The lowest BCUT2D eigenvalue weighted by molar-refractivity contribution is 0.00695. The molecule has 0 fully saturated rings. The monoisotopic (exact) mass is 290 g/mol. The summed E-state index contributed by atoms with van der Waals surface area (Å²) in [5.74, 6) is -0.364. The van der Waals surface area contributed by atoms with Crippen LogP contribution < -0.4 is 0 Å². The van der Waals surface area contributed by atoms with E-state index in [-0.39, 0.29) is 5.97 Å². The van der Waals surface area contributed by atoms with Crippen molar-refractivity contribution in [2.24, 2.45) is 0 Å². The van der Waals surface area contributed by atoms with Crippen LogP contribution in [0.25, 0.3) is 0 Å². The highest BCUT2D eigenvalue weighted by Crippen LogP contribution is 2.24. The Labute approximate surface area is 103 Å². The Kier molecular flexibility index (Phi) is 3.79. The first kappa shape index (κ1) is 12.5. The van der Waals surface area contributed by atoms with Gasteiger partial charge in [-0.25, -0.2) is 4.79 Å². The number of carbonyl (C=O) groups is 1. The third kappa shape index (κ3) is 3.84. The first-order valence-corrected chi connectivity index (χ1v) is 5.65. The van der Waals surface area contributed by atoms with Crippen molar-refractivity contribution in [1.82, 2.24) is 0 Å². The average molecular weight is 292 g/mol. The number of hydrogen-bond acceptors (Lipinski definition) is 2. The molecule has 0 bridgehead atoms. The fourth-order valence-electron chi connectivity index (χ4n) is 0.960. The topological polar surface area (TPSA) is 26.3 Å². The minimum atomic E-state index is -0.489. The van der Waals surface area contributed by atoms with Crippen molar-refractivity contribution in [3.63, 3.8) is 0 Å². The molecule has 1 rings (SSSR count). The van der Waals surface area contributed by atoms with Crippen molar-refractivity contribution >= 4 is 33.5 Å². The molecule has 15 heavy (non-hydrogen) atoms. The van der Waals surface area contributed by atoms with Gasteiger partial charge in [0, 0.05) is 4.47 Å². The zero-order valence-corrected chi connectivity index (χ0v) is 11.1. The summed E-state index contributed by atoms with van der Waals surface area (Å²) in [5.41, 5.74) is -0.0329. The van der Waals surface area contributed by atoms with E-state index in [4.69, 9.17) is 16.3 Å². The van der Waals surface area contributed by atoms with Crippen LogP contribution in [0.4, 0.5) is 0 Å². The summed E-state index contributed by atoms with van der Waals surface area (Å²) in [5, 5.41) is 0.498. The number of ether oxygens (including phenoxy) is 1. The van der Waals surface area contributed by atoms with Crippen LogP contribution in [0.2, 0.25) is 5.02 Å². The Morgan fingerprint density at radius 3 is 2.47 bits per heavy atom. The zero-order valence-electron chi connectivity index (χ0n) is 8.80. The molecule has 4 heteroatoms. The average Bonchev–Trinajstić information content (AvgIpc) is 2.06. The number of esters is 1. The van der Waals surface area contributed by atoms with Gasteiger partial charge in [-0.1, -0.05) is 11.6 Å². The van der Waals surface area contributed by atoms with E-state index in [2.05, 4.69) is 15.9 Å². The summed E-state index contributed by atoms with van der Waals surface area (Å²) in [6.07, 6.45) is 0. The highest BCUT2D eigenvalue weighted by molar-refractivity contribution is 9.10. The minimum Gasteiger partial charge on any atom is -0.456 e. The van der Waals surface area contributed by atoms with Crippen LogP contribution in [-0.2, 0) is 4.74 Å². The molecule has 0 heterocycles. The van der Waals surface area contributed by atoms with E-state index in [1.54, 1.807) is 18.2 Å². The van der Waals surface area contributed by atoms with Gasteiger partial charge in [0.25, 0.3) is 0 Å². The summed E-state index contributed by atoms with van der Waals surface area (Å²) in [6.45, 7) is 5.47. The molecule has 0 saturated heterocycles. The molecule has 0 spiro atoms. The zero-order chi connectivity index (χ0) is 11.6. The van der Waals surface area contributed by atoms with Crippen molar-refractivity contribution in [3.8, 4) is 0 Å². The quantitative estimate of drug-likeness (QED) is 0.729. The lowest BCUT2D eigenvalue weighted by Gasteiger charge is -2.19. The molecule has 0 amide bonds. The second-order valence-corrected chi connectivity index (χ2v) is 5.39. The van der Waals surface area contributed by atoms with Gasteiger partial charge in [0.2, 0.25) is 0 Å². The van der Waals surface area contributed by atoms with E-state index >= 15 is 0 Å². The molecule has 1 aromatic carbocycles. The first-order valence-electron chi connectivity index (χ1n) is 4.48. The van der Waals surface area contributed by atoms with E-state index in [9.17, 15) is 4.79 Å². The second kappa shape index (κ2) is 4.54. The summed E-state index contributed by atoms with van der Waals surface area (Å²) >= 11 is 9.13. The Hall–Kier alpha value is -0.540. The molecule has 0 radical (unpaired) electrons. The predicted molar refractivity (Wildman–Crippen MR) is 64.3 cm³/mol. The highest BCUT2D eigenvalue weighted by Gasteiger charge is 2.18. The predicted octanol–water partition coefficient (Wildman–Crippen LogP) is 4.06. The molecule has 0 aromatic heterocycles. The lowest BCUT2D eigenvalue weighted by atomic mass is 10.2. The summed E-state index contributed by atoms with van der Waals surface area (Å²) in [6, 6.07) is 4.98. The van der Waals surface area contributed by atoms with E-state index in [1.807, 2.05) is 20.8 Å². The van der Waals surface area contributed by atoms with Crippen molar-refractivity contribution in [3.05, 3.63) is 33.3 Å². The number of halogens is 2. The van der Waals surface area contributed by atoms with E-state index in [0.29, 0.717) is 10.6 Å². The maximum absolute atomic E-state index is 11.6.